The number of carboxylic acid groups (broad SMARTS) is 1. The Morgan fingerprint density at radius 3 is 2.91 bits per heavy atom. The molecule has 1 atom stereocenters. The van der Waals surface area contributed by atoms with E-state index in [0.29, 0.717) is 13.1 Å². The smallest absolute Gasteiger partial charge is 0.323 e. The SMILES string of the molecule is CN(CC(=O)O)C(=O)C1CCCN(Cc2cccc(F)c2)C1. The molecule has 1 aliphatic heterocycles. The minimum absolute atomic E-state index is 0.133. The van der Waals surface area contributed by atoms with Crippen LogP contribution >= 0.6 is 0 Å². The highest BCUT2D eigenvalue weighted by atomic mass is 19.1. The highest BCUT2D eigenvalue weighted by Gasteiger charge is 2.28. The van der Waals surface area contributed by atoms with E-state index in [0.717, 1.165) is 24.9 Å². The van der Waals surface area contributed by atoms with Crippen molar-refractivity contribution in [2.75, 3.05) is 26.7 Å². The van der Waals surface area contributed by atoms with Gasteiger partial charge in [-0.25, -0.2) is 4.39 Å². The average Bonchev–Trinajstić information content (AvgIpc) is 2.46. The van der Waals surface area contributed by atoms with Crippen LogP contribution in [0.1, 0.15) is 18.4 Å². The lowest BCUT2D eigenvalue weighted by Gasteiger charge is -2.33. The molecule has 0 aromatic heterocycles. The van der Waals surface area contributed by atoms with E-state index in [-0.39, 0.29) is 24.2 Å². The van der Waals surface area contributed by atoms with Gasteiger partial charge in [0.1, 0.15) is 12.4 Å². The summed E-state index contributed by atoms with van der Waals surface area (Å²) in [6, 6.07) is 6.46. The van der Waals surface area contributed by atoms with E-state index < -0.39 is 5.97 Å². The van der Waals surface area contributed by atoms with Crippen molar-refractivity contribution in [3.05, 3.63) is 35.6 Å². The van der Waals surface area contributed by atoms with Gasteiger partial charge in [0.2, 0.25) is 5.91 Å². The van der Waals surface area contributed by atoms with Crippen molar-refractivity contribution in [2.45, 2.75) is 19.4 Å². The van der Waals surface area contributed by atoms with Crippen molar-refractivity contribution in [3.8, 4) is 0 Å². The number of rotatable bonds is 5. The summed E-state index contributed by atoms with van der Waals surface area (Å²) in [4.78, 5) is 26.3. The van der Waals surface area contributed by atoms with Crippen molar-refractivity contribution in [1.29, 1.82) is 0 Å². The standard InChI is InChI=1S/C16H21FN2O3/c1-18(11-15(20)21)16(22)13-5-3-7-19(10-13)9-12-4-2-6-14(17)8-12/h2,4,6,8,13H,3,5,7,9-11H2,1H3,(H,20,21). The van der Waals surface area contributed by atoms with Crippen LogP contribution < -0.4 is 0 Å². The van der Waals surface area contributed by atoms with Gasteiger partial charge < -0.3 is 10.0 Å². The van der Waals surface area contributed by atoms with Crippen LogP contribution in [0.25, 0.3) is 0 Å². The predicted molar refractivity (Wildman–Crippen MR) is 79.7 cm³/mol. The number of carbonyl (C=O) groups excluding carboxylic acids is 1. The minimum Gasteiger partial charge on any atom is -0.480 e. The van der Waals surface area contributed by atoms with Gasteiger partial charge in [-0.2, -0.15) is 0 Å². The fourth-order valence-electron chi connectivity index (χ4n) is 2.89. The van der Waals surface area contributed by atoms with E-state index >= 15 is 0 Å². The van der Waals surface area contributed by atoms with Gasteiger partial charge in [0.05, 0.1) is 5.92 Å². The second-order valence-electron chi connectivity index (χ2n) is 5.79. The molecule has 1 heterocycles. The number of hydrogen-bond acceptors (Lipinski definition) is 3. The van der Waals surface area contributed by atoms with Crippen molar-refractivity contribution in [1.82, 2.24) is 9.80 Å². The maximum Gasteiger partial charge on any atom is 0.323 e. The highest BCUT2D eigenvalue weighted by molar-refractivity contribution is 5.83. The summed E-state index contributed by atoms with van der Waals surface area (Å²) < 4.78 is 13.2. The van der Waals surface area contributed by atoms with Gasteiger partial charge in [-0.05, 0) is 37.1 Å². The van der Waals surface area contributed by atoms with Gasteiger partial charge in [0.15, 0.2) is 0 Å². The van der Waals surface area contributed by atoms with Gasteiger partial charge >= 0.3 is 5.97 Å². The van der Waals surface area contributed by atoms with Crippen molar-refractivity contribution >= 4 is 11.9 Å². The third kappa shape index (κ3) is 4.53. The maximum absolute atomic E-state index is 13.2. The number of amides is 1. The first-order chi connectivity index (χ1) is 10.5. The molecule has 1 aliphatic rings. The minimum atomic E-state index is -1.01. The largest absolute Gasteiger partial charge is 0.480 e. The van der Waals surface area contributed by atoms with Gasteiger partial charge in [-0.15, -0.1) is 0 Å². The molecular formula is C16H21FN2O3. The van der Waals surface area contributed by atoms with Crippen LogP contribution in [0, 0.1) is 11.7 Å². The molecule has 0 saturated carbocycles. The number of likely N-dealkylation sites (N-methyl/N-ethyl adjacent to an activating group) is 1. The van der Waals surface area contributed by atoms with Gasteiger partial charge in [0.25, 0.3) is 0 Å². The molecule has 1 aromatic rings. The molecule has 1 N–H and O–H groups in total. The number of nitrogens with zero attached hydrogens (tertiary/aromatic N) is 2. The third-order valence-electron chi connectivity index (χ3n) is 3.90. The monoisotopic (exact) mass is 308 g/mol. The second-order valence-corrected chi connectivity index (χ2v) is 5.79. The van der Waals surface area contributed by atoms with E-state index in [1.807, 2.05) is 6.07 Å². The maximum atomic E-state index is 13.2. The van der Waals surface area contributed by atoms with E-state index in [1.165, 1.54) is 24.1 Å². The number of carbonyl (C=O) groups is 2. The zero-order valence-corrected chi connectivity index (χ0v) is 12.7. The molecule has 0 aliphatic carbocycles. The first-order valence-electron chi connectivity index (χ1n) is 7.39. The van der Waals surface area contributed by atoms with Gasteiger partial charge in [-0.1, -0.05) is 12.1 Å². The lowest BCUT2D eigenvalue weighted by atomic mass is 9.96. The topological polar surface area (TPSA) is 60.9 Å². The Bertz CT molecular complexity index is 550. The number of carboxylic acids is 1. The Balaban J connectivity index is 1.94. The molecule has 120 valence electrons. The molecule has 0 radical (unpaired) electrons. The van der Waals surface area contributed by atoms with Crippen LogP contribution in [-0.4, -0.2) is 53.5 Å². The van der Waals surface area contributed by atoms with Crippen LogP contribution in [0.2, 0.25) is 0 Å². The Hall–Kier alpha value is -1.95. The van der Waals surface area contributed by atoms with Crippen molar-refractivity contribution < 1.29 is 19.1 Å². The Morgan fingerprint density at radius 1 is 1.45 bits per heavy atom. The summed E-state index contributed by atoms with van der Waals surface area (Å²) in [6.45, 7) is 1.77. The summed E-state index contributed by atoms with van der Waals surface area (Å²) in [5.74, 6) is -1.59. The Labute approximate surface area is 129 Å². The van der Waals surface area contributed by atoms with Gasteiger partial charge in [-0.3, -0.25) is 14.5 Å². The Kier molecular flexibility index (Phi) is 5.49. The number of hydrogen-bond donors (Lipinski definition) is 1. The van der Waals surface area contributed by atoms with Crippen LogP contribution in [0.3, 0.4) is 0 Å². The fourth-order valence-corrected chi connectivity index (χ4v) is 2.89. The van der Waals surface area contributed by atoms with E-state index in [1.54, 1.807) is 6.07 Å². The average molecular weight is 308 g/mol. The summed E-state index contributed by atoms with van der Waals surface area (Å²) in [5.41, 5.74) is 0.881. The van der Waals surface area contributed by atoms with E-state index in [2.05, 4.69) is 4.90 Å². The van der Waals surface area contributed by atoms with E-state index in [9.17, 15) is 14.0 Å². The van der Waals surface area contributed by atoms with Crippen molar-refractivity contribution in [2.24, 2.45) is 5.92 Å². The molecule has 1 fully saturated rings. The quantitative estimate of drug-likeness (QED) is 0.897. The summed E-state index contributed by atoms with van der Waals surface area (Å²) in [7, 11) is 1.52. The molecule has 0 spiro atoms. The Morgan fingerprint density at radius 2 is 2.23 bits per heavy atom. The van der Waals surface area contributed by atoms with Gasteiger partial charge in [0, 0.05) is 20.1 Å². The zero-order chi connectivity index (χ0) is 16.1. The lowest BCUT2D eigenvalue weighted by Crippen LogP contribution is -2.44. The van der Waals surface area contributed by atoms with E-state index in [4.69, 9.17) is 5.11 Å². The molecule has 1 unspecified atom stereocenters. The number of likely N-dealkylation sites (tertiary alicyclic amines) is 1. The number of aliphatic carboxylic acids is 1. The highest BCUT2D eigenvalue weighted by Crippen LogP contribution is 2.20. The first kappa shape index (κ1) is 16.4. The molecule has 2 rings (SSSR count). The van der Waals surface area contributed by atoms with Crippen LogP contribution in [0.4, 0.5) is 4.39 Å². The lowest BCUT2D eigenvalue weighted by molar-refractivity contribution is -0.146. The first-order valence-corrected chi connectivity index (χ1v) is 7.39. The summed E-state index contributed by atoms with van der Waals surface area (Å²) in [5, 5.41) is 8.76. The zero-order valence-electron chi connectivity index (χ0n) is 12.7. The molecule has 1 amide bonds. The molecule has 1 saturated heterocycles. The predicted octanol–water partition coefficient (Wildman–Crippen LogP) is 1.58. The molecular weight excluding hydrogens is 287 g/mol. The number of piperidine rings is 1. The van der Waals surface area contributed by atoms with Crippen molar-refractivity contribution in [3.63, 3.8) is 0 Å². The molecule has 6 heteroatoms. The molecule has 1 aromatic carbocycles. The third-order valence-corrected chi connectivity index (χ3v) is 3.90. The molecule has 22 heavy (non-hydrogen) atoms. The number of halogens is 1. The fraction of sp³-hybridized carbons (Fsp3) is 0.500. The van der Waals surface area contributed by atoms with Crippen LogP contribution in [0.15, 0.2) is 24.3 Å². The van der Waals surface area contributed by atoms with Crippen LogP contribution in [-0.2, 0) is 16.1 Å². The normalized spacial score (nSPS) is 18.9. The summed E-state index contributed by atoms with van der Waals surface area (Å²) >= 11 is 0. The summed E-state index contributed by atoms with van der Waals surface area (Å²) in [6.07, 6.45) is 1.65. The number of benzene rings is 1. The second kappa shape index (κ2) is 7.35. The van der Waals surface area contributed by atoms with Crippen LogP contribution in [0.5, 0.6) is 0 Å². The molecule has 5 nitrogen and oxygen atoms in total. The molecule has 0 bridgehead atoms.